The normalized spacial score (nSPS) is 20.3. The van der Waals surface area contributed by atoms with Crippen LogP contribution in [0.2, 0.25) is 0 Å². The zero-order valence-electron chi connectivity index (χ0n) is 11.5. The number of hydrogen-bond acceptors (Lipinski definition) is 4. The highest BCUT2D eigenvalue weighted by Gasteiger charge is 2.24. The SMILES string of the molecule is CCN1CCCC1CN(C)c1ccnc(CN)c1. The van der Waals surface area contributed by atoms with Crippen molar-refractivity contribution in [2.24, 2.45) is 5.73 Å². The summed E-state index contributed by atoms with van der Waals surface area (Å²) in [5.74, 6) is 0. The van der Waals surface area contributed by atoms with Gasteiger partial charge in [-0.3, -0.25) is 9.88 Å². The summed E-state index contributed by atoms with van der Waals surface area (Å²) < 4.78 is 0. The Labute approximate surface area is 110 Å². The van der Waals surface area contributed by atoms with Crippen molar-refractivity contribution in [1.82, 2.24) is 9.88 Å². The lowest BCUT2D eigenvalue weighted by atomic mass is 10.2. The molecule has 2 rings (SSSR count). The Bertz CT molecular complexity index is 380. The molecule has 2 N–H and O–H groups in total. The molecule has 2 heterocycles. The number of aromatic nitrogens is 1. The molecule has 4 nitrogen and oxygen atoms in total. The lowest BCUT2D eigenvalue weighted by Crippen LogP contribution is -2.38. The van der Waals surface area contributed by atoms with Crippen molar-refractivity contribution >= 4 is 5.69 Å². The summed E-state index contributed by atoms with van der Waals surface area (Å²) in [5.41, 5.74) is 7.81. The van der Waals surface area contributed by atoms with Gasteiger partial charge in [0.2, 0.25) is 0 Å². The van der Waals surface area contributed by atoms with E-state index in [1.165, 1.54) is 25.1 Å². The van der Waals surface area contributed by atoms with Gasteiger partial charge in [-0.1, -0.05) is 6.92 Å². The number of rotatable bonds is 5. The molecule has 0 bridgehead atoms. The van der Waals surface area contributed by atoms with E-state index in [2.05, 4.69) is 40.9 Å². The van der Waals surface area contributed by atoms with Gasteiger partial charge < -0.3 is 10.6 Å². The quantitative estimate of drug-likeness (QED) is 0.857. The van der Waals surface area contributed by atoms with Crippen LogP contribution in [0.1, 0.15) is 25.5 Å². The van der Waals surface area contributed by atoms with E-state index in [0.29, 0.717) is 12.6 Å². The van der Waals surface area contributed by atoms with Crippen LogP contribution >= 0.6 is 0 Å². The Morgan fingerprint density at radius 3 is 3.11 bits per heavy atom. The summed E-state index contributed by atoms with van der Waals surface area (Å²) in [5, 5.41) is 0. The molecule has 0 aromatic carbocycles. The number of likely N-dealkylation sites (tertiary alicyclic amines) is 1. The number of nitrogens with two attached hydrogens (primary N) is 1. The van der Waals surface area contributed by atoms with Crippen LogP contribution < -0.4 is 10.6 Å². The van der Waals surface area contributed by atoms with E-state index in [1.54, 1.807) is 0 Å². The molecule has 1 aliphatic rings. The van der Waals surface area contributed by atoms with Crippen LogP contribution in [0, 0.1) is 0 Å². The molecule has 1 saturated heterocycles. The fourth-order valence-electron chi connectivity index (χ4n) is 2.75. The molecular formula is C14H24N4. The zero-order valence-corrected chi connectivity index (χ0v) is 11.5. The highest BCUT2D eigenvalue weighted by Crippen LogP contribution is 2.20. The van der Waals surface area contributed by atoms with Gasteiger partial charge in [0.05, 0.1) is 5.69 Å². The Morgan fingerprint density at radius 2 is 2.39 bits per heavy atom. The van der Waals surface area contributed by atoms with E-state index < -0.39 is 0 Å². The first-order valence-corrected chi connectivity index (χ1v) is 6.84. The van der Waals surface area contributed by atoms with Gasteiger partial charge in [0, 0.05) is 38.1 Å². The fraction of sp³-hybridized carbons (Fsp3) is 0.643. The summed E-state index contributed by atoms with van der Waals surface area (Å²) in [7, 11) is 2.15. The molecule has 1 fully saturated rings. The van der Waals surface area contributed by atoms with E-state index in [0.717, 1.165) is 18.8 Å². The second kappa shape index (κ2) is 6.16. The third-order valence-electron chi connectivity index (χ3n) is 3.84. The highest BCUT2D eigenvalue weighted by atomic mass is 15.2. The molecule has 1 aromatic heterocycles. The minimum atomic E-state index is 0.506. The molecule has 0 amide bonds. The first kappa shape index (κ1) is 13.3. The van der Waals surface area contributed by atoms with Crippen LogP contribution in [0.3, 0.4) is 0 Å². The Balaban J connectivity index is 2.00. The summed E-state index contributed by atoms with van der Waals surface area (Å²) in [6, 6.07) is 4.84. The first-order valence-electron chi connectivity index (χ1n) is 6.84. The van der Waals surface area contributed by atoms with Gasteiger partial charge in [-0.05, 0) is 38.1 Å². The smallest absolute Gasteiger partial charge is 0.0560 e. The van der Waals surface area contributed by atoms with Crippen molar-refractivity contribution in [2.45, 2.75) is 32.4 Å². The number of nitrogens with zero attached hydrogens (tertiary/aromatic N) is 3. The second-order valence-corrected chi connectivity index (χ2v) is 5.01. The van der Waals surface area contributed by atoms with Crippen molar-refractivity contribution in [3.8, 4) is 0 Å². The van der Waals surface area contributed by atoms with Crippen molar-refractivity contribution in [2.75, 3.05) is 31.6 Å². The van der Waals surface area contributed by atoms with Crippen molar-refractivity contribution in [3.63, 3.8) is 0 Å². The van der Waals surface area contributed by atoms with Crippen molar-refractivity contribution in [1.29, 1.82) is 0 Å². The minimum Gasteiger partial charge on any atom is -0.373 e. The van der Waals surface area contributed by atoms with Gasteiger partial charge in [-0.25, -0.2) is 0 Å². The molecule has 1 atom stereocenters. The van der Waals surface area contributed by atoms with Crippen molar-refractivity contribution < 1.29 is 0 Å². The van der Waals surface area contributed by atoms with Crippen LogP contribution in [-0.4, -0.2) is 42.6 Å². The molecule has 1 aliphatic heterocycles. The van der Waals surface area contributed by atoms with Gasteiger partial charge in [0.15, 0.2) is 0 Å². The number of likely N-dealkylation sites (N-methyl/N-ethyl adjacent to an activating group) is 2. The maximum Gasteiger partial charge on any atom is 0.0560 e. The largest absolute Gasteiger partial charge is 0.373 e. The lowest BCUT2D eigenvalue weighted by molar-refractivity contribution is 0.270. The summed E-state index contributed by atoms with van der Waals surface area (Å²) >= 11 is 0. The van der Waals surface area contributed by atoms with Gasteiger partial charge >= 0.3 is 0 Å². The van der Waals surface area contributed by atoms with E-state index in [9.17, 15) is 0 Å². The van der Waals surface area contributed by atoms with Gasteiger partial charge in [0.1, 0.15) is 0 Å². The molecule has 1 aromatic rings. The number of hydrogen-bond donors (Lipinski definition) is 1. The average Bonchev–Trinajstić information content (AvgIpc) is 2.86. The summed E-state index contributed by atoms with van der Waals surface area (Å²) in [4.78, 5) is 9.13. The van der Waals surface area contributed by atoms with Crippen molar-refractivity contribution in [3.05, 3.63) is 24.0 Å². The molecular weight excluding hydrogens is 224 g/mol. The minimum absolute atomic E-state index is 0.506. The predicted octanol–water partition coefficient (Wildman–Crippen LogP) is 1.46. The Morgan fingerprint density at radius 1 is 1.56 bits per heavy atom. The third kappa shape index (κ3) is 3.00. The molecule has 1 unspecified atom stereocenters. The monoisotopic (exact) mass is 248 g/mol. The molecule has 0 saturated carbocycles. The maximum absolute atomic E-state index is 5.64. The summed E-state index contributed by atoms with van der Waals surface area (Å²) in [6.07, 6.45) is 4.49. The topological polar surface area (TPSA) is 45.4 Å². The number of anilines is 1. The molecule has 100 valence electrons. The first-order chi connectivity index (χ1) is 8.74. The second-order valence-electron chi connectivity index (χ2n) is 5.01. The molecule has 0 aliphatic carbocycles. The molecule has 4 heteroatoms. The standard InChI is InChI=1S/C14H24N4/c1-3-18-8-4-5-14(18)11-17(2)13-6-7-16-12(9-13)10-15/h6-7,9,14H,3-5,8,10-11,15H2,1-2H3. The Hall–Kier alpha value is -1.13. The van der Waals surface area contributed by atoms with Crippen LogP contribution in [0.25, 0.3) is 0 Å². The third-order valence-corrected chi connectivity index (χ3v) is 3.84. The predicted molar refractivity (Wildman–Crippen MR) is 75.7 cm³/mol. The highest BCUT2D eigenvalue weighted by molar-refractivity contribution is 5.45. The fourth-order valence-corrected chi connectivity index (χ4v) is 2.75. The van der Waals surface area contributed by atoms with Crippen LogP contribution in [0.5, 0.6) is 0 Å². The van der Waals surface area contributed by atoms with Crippen LogP contribution in [-0.2, 0) is 6.54 Å². The number of pyridine rings is 1. The van der Waals surface area contributed by atoms with Crippen LogP contribution in [0.15, 0.2) is 18.3 Å². The Kier molecular flexibility index (Phi) is 4.55. The molecule has 18 heavy (non-hydrogen) atoms. The van der Waals surface area contributed by atoms with Gasteiger partial charge in [-0.2, -0.15) is 0 Å². The van der Waals surface area contributed by atoms with E-state index in [1.807, 2.05) is 6.20 Å². The van der Waals surface area contributed by atoms with E-state index in [-0.39, 0.29) is 0 Å². The molecule has 0 spiro atoms. The molecule has 0 radical (unpaired) electrons. The van der Waals surface area contributed by atoms with E-state index in [4.69, 9.17) is 5.73 Å². The van der Waals surface area contributed by atoms with Gasteiger partial charge in [0.25, 0.3) is 0 Å². The lowest BCUT2D eigenvalue weighted by Gasteiger charge is -2.29. The summed E-state index contributed by atoms with van der Waals surface area (Å²) in [6.45, 7) is 6.24. The maximum atomic E-state index is 5.64. The van der Waals surface area contributed by atoms with Gasteiger partial charge in [-0.15, -0.1) is 0 Å². The average molecular weight is 248 g/mol. The van der Waals surface area contributed by atoms with E-state index >= 15 is 0 Å². The zero-order chi connectivity index (χ0) is 13.0. The van der Waals surface area contributed by atoms with Crippen LogP contribution in [0.4, 0.5) is 5.69 Å².